The van der Waals surface area contributed by atoms with Crippen molar-refractivity contribution in [2.24, 2.45) is 0 Å². The maximum atomic E-state index is 13.1. The first-order valence-electron chi connectivity index (χ1n) is 8.22. The van der Waals surface area contributed by atoms with Crippen LogP contribution >= 0.6 is 0 Å². The highest BCUT2D eigenvalue weighted by Crippen LogP contribution is 2.32. The van der Waals surface area contributed by atoms with E-state index in [1.807, 2.05) is 30.3 Å². The molecule has 0 spiro atoms. The molecule has 5 heteroatoms. The van der Waals surface area contributed by atoms with Crippen molar-refractivity contribution in [3.8, 4) is 22.6 Å². The molecule has 1 heterocycles. The standard InChI is InChI=1S/C21H16FNO3/c22-18-7-5-15(6-8-18)16-2-1-3-17(11-16)21(24)23-12-14-4-9-19-20(10-14)26-13-25-19/h1-11H,12-13H2,(H,23,24). The fraction of sp³-hybridized carbons (Fsp3) is 0.0952. The summed E-state index contributed by atoms with van der Waals surface area (Å²) in [7, 11) is 0. The molecule has 4 nitrogen and oxygen atoms in total. The van der Waals surface area contributed by atoms with Gasteiger partial charge in [0.25, 0.3) is 5.91 Å². The van der Waals surface area contributed by atoms with Gasteiger partial charge in [0.15, 0.2) is 11.5 Å². The van der Waals surface area contributed by atoms with E-state index in [-0.39, 0.29) is 18.5 Å². The number of rotatable bonds is 4. The van der Waals surface area contributed by atoms with Crippen LogP contribution in [0.25, 0.3) is 11.1 Å². The monoisotopic (exact) mass is 349 g/mol. The topological polar surface area (TPSA) is 47.6 Å². The minimum Gasteiger partial charge on any atom is -0.454 e. The van der Waals surface area contributed by atoms with Crippen LogP contribution in [0, 0.1) is 5.82 Å². The average Bonchev–Trinajstić information content (AvgIpc) is 3.14. The molecule has 3 aromatic rings. The lowest BCUT2D eigenvalue weighted by Crippen LogP contribution is -2.22. The summed E-state index contributed by atoms with van der Waals surface area (Å²) in [6.45, 7) is 0.609. The summed E-state index contributed by atoms with van der Waals surface area (Å²) in [4.78, 5) is 12.5. The number of hydrogen-bond acceptors (Lipinski definition) is 3. The third-order valence-electron chi connectivity index (χ3n) is 4.19. The van der Waals surface area contributed by atoms with E-state index < -0.39 is 0 Å². The second-order valence-electron chi connectivity index (χ2n) is 5.96. The molecule has 1 N–H and O–H groups in total. The van der Waals surface area contributed by atoms with Crippen LogP contribution in [-0.2, 0) is 6.54 Å². The molecule has 0 fully saturated rings. The molecule has 0 unspecified atom stereocenters. The molecule has 0 bridgehead atoms. The second kappa shape index (κ2) is 6.88. The summed E-state index contributed by atoms with van der Waals surface area (Å²) in [6.07, 6.45) is 0. The Labute approximate surface area is 150 Å². The van der Waals surface area contributed by atoms with Gasteiger partial charge in [-0.05, 0) is 53.1 Å². The van der Waals surface area contributed by atoms with Crippen molar-refractivity contribution in [3.63, 3.8) is 0 Å². The molecule has 0 aliphatic carbocycles. The van der Waals surface area contributed by atoms with Crippen LogP contribution in [0.4, 0.5) is 4.39 Å². The molecule has 0 radical (unpaired) electrons. The molecule has 1 aliphatic heterocycles. The van der Waals surface area contributed by atoms with Gasteiger partial charge in [-0.1, -0.05) is 30.3 Å². The molecule has 130 valence electrons. The zero-order valence-electron chi connectivity index (χ0n) is 13.9. The SMILES string of the molecule is O=C(NCc1ccc2c(c1)OCO2)c1cccc(-c2ccc(F)cc2)c1. The van der Waals surface area contributed by atoms with Gasteiger partial charge in [-0.15, -0.1) is 0 Å². The van der Waals surface area contributed by atoms with Crippen LogP contribution < -0.4 is 14.8 Å². The molecule has 26 heavy (non-hydrogen) atoms. The van der Waals surface area contributed by atoms with Gasteiger partial charge in [0.2, 0.25) is 6.79 Å². The lowest BCUT2D eigenvalue weighted by Gasteiger charge is -2.08. The minimum atomic E-state index is -0.286. The number of carbonyl (C=O) groups excluding carboxylic acids is 1. The van der Waals surface area contributed by atoms with E-state index >= 15 is 0 Å². The Kier molecular flexibility index (Phi) is 4.27. The van der Waals surface area contributed by atoms with Gasteiger partial charge in [-0.25, -0.2) is 4.39 Å². The van der Waals surface area contributed by atoms with Crippen molar-refractivity contribution < 1.29 is 18.7 Å². The van der Waals surface area contributed by atoms with Crippen molar-refractivity contribution >= 4 is 5.91 Å². The normalized spacial score (nSPS) is 12.0. The fourth-order valence-electron chi connectivity index (χ4n) is 2.82. The Hall–Kier alpha value is -3.34. The Morgan fingerprint density at radius 2 is 1.73 bits per heavy atom. The van der Waals surface area contributed by atoms with Crippen LogP contribution in [0.15, 0.2) is 66.7 Å². The molecule has 3 aromatic carbocycles. The summed E-state index contributed by atoms with van der Waals surface area (Å²) in [6, 6.07) is 19.0. The molecule has 4 rings (SSSR count). The Morgan fingerprint density at radius 1 is 0.923 bits per heavy atom. The summed E-state index contributed by atoms with van der Waals surface area (Å²) in [5.74, 6) is 0.945. The number of carbonyl (C=O) groups is 1. The molecule has 0 saturated carbocycles. The lowest BCUT2D eigenvalue weighted by atomic mass is 10.0. The fourth-order valence-corrected chi connectivity index (χ4v) is 2.82. The van der Waals surface area contributed by atoms with E-state index in [0.29, 0.717) is 23.6 Å². The van der Waals surface area contributed by atoms with Gasteiger partial charge in [0.05, 0.1) is 0 Å². The first kappa shape index (κ1) is 16.1. The summed E-state index contributed by atoms with van der Waals surface area (Å²) in [5.41, 5.74) is 3.20. The number of halogens is 1. The summed E-state index contributed by atoms with van der Waals surface area (Å²) in [5, 5.41) is 2.90. The number of amides is 1. The Morgan fingerprint density at radius 3 is 2.58 bits per heavy atom. The van der Waals surface area contributed by atoms with Crippen molar-refractivity contribution in [1.82, 2.24) is 5.32 Å². The predicted molar refractivity (Wildman–Crippen MR) is 95.6 cm³/mol. The number of benzene rings is 3. The van der Waals surface area contributed by atoms with Crippen molar-refractivity contribution in [2.75, 3.05) is 6.79 Å². The third kappa shape index (κ3) is 3.37. The first-order valence-corrected chi connectivity index (χ1v) is 8.22. The maximum Gasteiger partial charge on any atom is 0.251 e. The van der Waals surface area contributed by atoms with Gasteiger partial charge in [0.1, 0.15) is 5.82 Å². The van der Waals surface area contributed by atoms with E-state index in [1.165, 1.54) is 12.1 Å². The minimum absolute atomic E-state index is 0.174. The number of fused-ring (bicyclic) bond motifs is 1. The number of ether oxygens (including phenoxy) is 2. The van der Waals surface area contributed by atoms with Gasteiger partial charge in [0, 0.05) is 12.1 Å². The lowest BCUT2D eigenvalue weighted by molar-refractivity contribution is 0.0951. The molecular formula is C21H16FNO3. The molecular weight excluding hydrogens is 333 g/mol. The molecule has 0 aromatic heterocycles. The van der Waals surface area contributed by atoms with E-state index in [4.69, 9.17) is 9.47 Å². The summed E-state index contributed by atoms with van der Waals surface area (Å²) >= 11 is 0. The molecule has 0 saturated heterocycles. The summed E-state index contributed by atoms with van der Waals surface area (Å²) < 4.78 is 23.7. The Bertz CT molecular complexity index is 954. The van der Waals surface area contributed by atoms with Gasteiger partial charge in [-0.2, -0.15) is 0 Å². The molecule has 0 atom stereocenters. The van der Waals surface area contributed by atoms with E-state index in [1.54, 1.807) is 24.3 Å². The van der Waals surface area contributed by atoms with E-state index in [2.05, 4.69) is 5.32 Å². The molecule has 1 aliphatic rings. The molecule has 1 amide bonds. The highest BCUT2D eigenvalue weighted by molar-refractivity contribution is 5.95. The highest BCUT2D eigenvalue weighted by atomic mass is 19.1. The van der Waals surface area contributed by atoms with Gasteiger partial charge in [-0.3, -0.25) is 4.79 Å². The average molecular weight is 349 g/mol. The van der Waals surface area contributed by atoms with Crippen molar-refractivity contribution in [1.29, 1.82) is 0 Å². The van der Waals surface area contributed by atoms with Crippen LogP contribution in [-0.4, -0.2) is 12.7 Å². The van der Waals surface area contributed by atoms with Crippen molar-refractivity contribution in [3.05, 3.63) is 83.7 Å². The van der Waals surface area contributed by atoms with Gasteiger partial charge >= 0.3 is 0 Å². The zero-order chi connectivity index (χ0) is 17.9. The van der Waals surface area contributed by atoms with Gasteiger partial charge < -0.3 is 14.8 Å². The highest BCUT2D eigenvalue weighted by Gasteiger charge is 2.14. The zero-order valence-corrected chi connectivity index (χ0v) is 13.9. The van der Waals surface area contributed by atoms with Crippen LogP contribution in [0.5, 0.6) is 11.5 Å². The number of hydrogen-bond donors (Lipinski definition) is 1. The van der Waals surface area contributed by atoms with E-state index in [0.717, 1.165) is 16.7 Å². The largest absolute Gasteiger partial charge is 0.454 e. The Balaban J connectivity index is 1.46. The third-order valence-corrected chi connectivity index (χ3v) is 4.19. The van der Waals surface area contributed by atoms with Crippen LogP contribution in [0.3, 0.4) is 0 Å². The van der Waals surface area contributed by atoms with Crippen molar-refractivity contribution in [2.45, 2.75) is 6.54 Å². The second-order valence-corrected chi connectivity index (χ2v) is 5.96. The van der Waals surface area contributed by atoms with E-state index in [9.17, 15) is 9.18 Å². The predicted octanol–water partition coefficient (Wildman–Crippen LogP) is 4.15. The quantitative estimate of drug-likeness (QED) is 0.770. The van der Waals surface area contributed by atoms with Crippen LogP contribution in [0.1, 0.15) is 15.9 Å². The first-order chi connectivity index (χ1) is 12.7. The van der Waals surface area contributed by atoms with Crippen LogP contribution in [0.2, 0.25) is 0 Å². The smallest absolute Gasteiger partial charge is 0.251 e. The number of nitrogens with one attached hydrogen (secondary N) is 1. The maximum absolute atomic E-state index is 13.1.